The Kier molecular flexibility index (Phi) is 4.58. The van der Waals surface area contributed by atoms with Crippen molar-refractivity contribution in [3.63, 3.8) is 0 Å². The molecule has 2 heterocycles. The number of nitrogens with zero attached hydrogens (tertiary/aromatic N) is 1. The van der Waals surface area contributed by atoms with Crippen LogP contribution in [0.2, 0.25) is 5.02 Å². The van der Waals surface area contributed by atoms with Gasteiger partial charge in [0.05, 0.1) is 15.5 Å². The molecule has 0 aliphatic carbocycles. The second-order valence-corrected chi connectivity index (χ2v) is 9.96. The minimum absolute atomic E-state index is 0.109. The van der Waals surface area contributed by atoms with E-state index in [0.29, 0.717) is 27.6 Å². The molecule has 138 valence electrons. The van der Waals surface area contributed by atoms with Gasteiger partial charge in [-0.3, -0.25) is 4.79 Å². The quantitative estimate of drug-likeness (QED) is 0.624. The third kappa shape index (κ3) is 3.40. The first-order valence-corrected chi connectivity index (χ1v) is 11.1. The van der Waals surface area contributed by atoms with Crippen molar-refractivity contribution in [1.82, 2.24) is 4.90 Å². The molecule has 4 rings (SSSR count). The van der Waals surface area contributed by atoms with Crippen LogP contribution in [0, 0.1) is 0 Å². The summed E-state index contributed by atoms with van der Waals surface area (Å²) in [5, 5.41) is 0.385. The molecule has 0 spiro atoms. The van der Waals surface area contributed by atoms with E-state index in [9.17, 15) is 13.2 Å². The van der Waals surface area contributed by atoms with E-state index in [1.807, 2.05) is 30.3 Å². The number of benzene rings is 2. The number of amides is 1. The second-order valence-electron chi connectivity index (χ2n) is 6.51. The molecule has 2 aromatic carbocycles. The highest BCUT2D eigenvalue weighted by atomic mass is 35.5. The first kappa shape index (κ1) is 18.2. The monoisotopic (exact) mass is 417 g/mol. The summed E-state index contributed by atoms with van der Waals surface area (Å²) in [5.74, 6) is -0.229. The second kappa shape index (κ2) is 6.78. The van der Waals surface area contributed by atoms with Gasteiger partial charge in [0.25, 0.3) is 5.91 Å². The van der Waals surface area contributed by atoms with Gasteiger partial charge in [-0.15, -0.1) is 11.3 Å². The fourth-order valence-electron chi connectivity index (χ4n) is 3.21. The first-order chi connectivity index (χ1) is 12.8. The van der Waals surface area contributed by atoms with Gasteiger partial charge in [0.2, 0.25) is 0 Å². The van der Waals surface area contributed by atoms with Gasteiger partial charge in [-0.25, -0.2) is 8.42 Å². The van der Waals surface area contributed by atoms with E-state index in [-0.39, 0.29) is 16.6 Å². The highest BCUT2D eigenvalue weighted by Crippen LogP contribution is 2.43. The minimum Gasteiger partial charge on any atom is -0.337 e. The van der Waals surface area contributed by atoms with Crippen molar-refractivity contribution < 1.29 is 13.2 Å². The number of rotatable bonds is 3. The summed E-state index contributed by atoms with van der Waals surface area (Å²) in [7, 11) is -1.71. The van der Waals surface area contributed by atoms with E-state index >= 15 is 0 Å². The zero-order chi connectivity index (χ0) is 19.2. The van der Waals surface area contributed by atoms with Gasteiger partial charge in [0.1, 0.15) is 0 Å². The molecular formula is C20H16ClNO3S2. The topological polar surface area (TPSA) is 54.5 Å². The Morgan fingerprint density at radius 3 is 2.63 bits per heavy atom. The van der Waals surface area contributed by atoms with Crippen LogP contribution in [0.4, 0.5) is 0 Å². The average Bonchev–Trinajstić information content (AvgIpc) is 3.05. The van der Waals surface area contributed by atoms with Crippen LogP contribution >= 0.6 is 22.9 Å². The van der Waals surface area contributed by atoms with Crippen molar-refractivity contribution >= 4 is 38.7 Å². The van der Waals surface area contributed by atoms with Crippen molar-refractivity contribution in [1.29, 1.82) is 0 Å². The van der Waals surface area contributed by atoms with Crippen LogP contribution < -0.4 is 0 Å². The molecular weight excluding hydrogens is 402 g/mol. The Labute approximate surface area is 166 Å². The Morgan fingerprint density at radius 1 is 1.15 bits per heavy atom. The van der Waals surface area contributed by atoms with E-state index in [0.717, 1.165) is 10.4 Å². The highest BCUT2D eigenvalue weighted by molar-refractivity contribution is 7.91. The summed E-state index contributed by atoms with van der Waals surface area (Å²) < 4.78 is 25.2. The molecule has 0 bridgehead atoms. The van der Waals surface area contributed by atoms with Crippen molar-refractivity contribution in [3.05, 3.63) is 75.6 Å². The van der Waals surface area contributed by atoms with Crippen LogP contribution in [0.5, 0.6) is 0 Å². The zero-order valence-corrected chi connectivity index (χ0v) is 16.9. The average molecular weight is 418 g/mol. The maximum absolute atomic E-state index is 12.9. The molecule has 7 heteroatoms. The Morgan fingerprint density at radius 2 is 1.89 bits per heavy atom. The third-order valence-electron chi connectivity index (χ3n) is 4.50. The predicted octanol–water partition coefficient (Wildman–Crippen LogP) is 4.63. The van der Waals surface area contributed by atoms with Crippen molar-refractivity contribution in [2.24, 2.45) is 0 Å². The maximum Gasteiger partial charge on any atom is 0.263 e. The smallest absolute Gasteiger partial charge is 0.263 e. The normalized spacial score (nSPS) is 14.3. The van der Waals surface area contributed by atoms with Crippen molar-refractivity contribution in [3.8, 4) is 10.4 Å². The largest absolute Gasteiger partial charge is 0.337 e. The first-order valence-electron chi connectivity index (χ1n) is 8.30. The van der Waals surface area contributed by atoms with Crippen molar-refractivity contribution in [2.75, 3.05) is 7.05 Å². The number of halogens is 1. The molecule has 0 unspecified atom stereocenters. The van der Waals surface area contributed by atoms with Crippen LogP contribution in [0.15, 0.2) is 59.5 Å². The molecule has 1 aliphatic heterocycles. The van der Waals surface area contributed by atoms with Gasteiger partial charge in [-0.2, -0.15) is 0 Å². The Bertz CT molecular complexity index is 1140. The maximum atomic E-state index is 12.9. The van der Waals surface area contributed by atoms with E-state index < -0.39 is 9.84 Å². The highest BCUT2D eigenvalue weighted by Gasteiger charge is 2.31. The fraction of sp³-hybridized carbons (Fsp3) is 0.150. The number of carbonyl (C=O) groups excluding carboxylic acids is 1. The number of sulfone groups is 1. The molecule has 0 atom stereocenters. The third-order valence-corrected chi connectivity index (χ3v) is 7.63. The van der Waals surface area contributed by atoms with Crippen LogP contribution in [-0.2, 0) is 22.1 Å². The zero-order valence-electron chi connectivity index (χ0n) is 14.5. The lowest BCUT2D eigenvalue weighted by Crippen LogP contribution is -2.25. The van der Waals surface area contributed by atoms with Gasteiger partial charge >= 0.3 is 0 Å². The van der Waals surface area contributed by atoms with Crippen molar-refractivity contribution in [2.45, 2.75) is 17.2 Å². The molecule has 0 saturated heterocycles. The van der Waals surface area contributed by atoms with Crippen LogP contribution in [0.3, 0.4) is 0 Å². The lowest BCUT2D eigenvalue weighted by atomic mass is 10.1. The van der Waals surface area contributed by atoms with Crippen LogP contribution in [-0.4, -0.2) is 26.3 Å². The van der Waals surface area contributed by atoms with Gasteiger partial charge in [0.15, 0.2) is 9.84 Å². The fourth-order valence-corrected chi connectivity index (χ4v) is 6.42. The molecule has 1 amide bonds. The minimum atomic E-state index is -3.46. The molecule has 0 N–H and O–H groups in total. The molecule has 1 aliphatic rings. The van der Waals surface area contributed by atoms with Crippen LogP contribution in [0.1, 0.15) is 20.8 Å². The molecule has 3 aromatic rings. The summed E-state index contributed by atoms with van der Waals surface area (Å²) in [5.41, 5.74) is 2.33. The molecule has 1 aromatic heterocycles. The summed E-state index contributed by atoms with van der Waals surface area (Å²) in [6.45, 7) is 0.493. The van der Waals surface area contributed by atoms with Gasteiger partial charge in [-0.05, 0) is 29.3 Å². The SMILES string of the molecule is CN(Cc1ccccc1)C(=O)c1cc2c(s1)-c1ccc(Cl)cc1S(=O)(=O)C2. The number of fused-ring (bicyclic) bond motifs is 3. The van der Waals surface area contributed by atoms with Gasteiger partial charge in [0, 0.05) is 29.1 Å². The number of hydrogen-bond acceptors (Lipinski definition) is 4. The summed E-state index contributed by atoms with van der Waals surface area (Å²) >= 11 is 7.32. The standard InChI is InChI=1S/C20H16ClNO3S2/c1-22(11-13-5-3-2-4-6-13)20(23)17-9-14-12-27(24,25)18-10-15(21)7-8-16(18)19(14)26-17/h2-10H,11-12H2,1H3. The predicted molar refractivity (Wildman–Crippen MR) is 108 cm³/mol. The number of thiophene rings is 1. The number of carbonyl (C=O) groups is 1. The summed E-state index contributed by atoms with van der Waals surface area (Å²) in [6, 6.07) is 16.3. The molecule has 27 heavy (non-hydrogen) atoms. The summed E-state index contributed by atoms with van der Waals surface area (Å²) in [4.78, 5) is 16.1. The van der Waals surface area contributed by atoms with Gasteiger partial charge in [-0.1, -0.05) is 48.0 Å². The van der Waals surface area contributed by atoms with E-state index in [1.165, 1.54) is 17.4 Å². The van der Waals surface area contributed by atoms with E-state index in [1.54, 1.807) is 30.1 Å². The lowest BCUT2D eigenvalue weighted by molar-refractivity contribution is 0.0790. The molecule has 0 saturated carbocycles. The van der Waals surface area contributed by atoms with Crippen LogP contribution in [0.25, 0.3) is 10.4 Å². The molecule has 0 fully saturated rings. The Balaban J connectivity index is 1.69. The lowest BCUT2D eigenvalue weighted by Gasteiger charge is -2.16. The van der Waals surface area contributed by atoms with E-state index in [4.69, 9.17) is 11.6 Å². The molecule has 0 radical (unpaired) electrons. The Hall–Kier alpha value is -2.15. The molecule has 4 nitrogen and oxygen atoms in total. The van der Waals surface area contributed by atoms with E-state index in [2.05, 4.69) is 0 Å². The van der Waals surface area contributed by atoms with Gasteiger partial charge < -0.3 is 4.90 Å². The number of hydrogen-bond donors (Lipinski definition) is 0. The summed E-state index contributed by atoms with van der Waals surface area (Å²) in [6.07, 6.45) is 0.